The van der Waals surface area contributed by atoms with E-state index in [-0.39, 0.29) is 40.2 Å². The fourth-order valence-electron chi connectivity index (χ4n) is 2.99. The van der Waals surface area contributed by atoms with Crippen LogP contribution in [-0.4, -0.2) is 37.8 Å². The van der Waals surface area contributed by atoms with Crippen LogP contribution in [-0.2, 0) is 0 Å². The minimum atomic E-state index is -0.379. The predicted molar refractivity (Wildman–Crippen MR) is 85.1 cm³/mol. The zero-order valence-corrected chi connectivity index (χ0v) is 13.0. The van der Waals surface area contributed by atoms with Gasteiger partial charge < -0.3 is 10.8 Å². The number of hydrogen-bond acceptors (Lipinski definition) is 7. The molecule has 2 heterocycles. The second kappa shape index (κ2) is 5.47. The van der Waals surface area contributed by atoms with Crippen molar-refractivity contribution in [3.05, 3.63) is 20.0 Å². The van der Waals surface area contributed by atoms with Crippen LogP contribution in [0, 0.1) is 5.92 Å². The number of aliphatic hydroxyl groups is 1. The Morgan fingerprint density at radius 2 is 2.29 bits per heavy atom. The molecule has 2 aromatic rings. The average molecular weight is 328 g/mol. The van der Waals surface area contributed by atoms with E-state index in [1.807, 2.05) is 6.26 Å². The van der Waals surface area contributed by atoms with Crippen LogP contribution in [0.15, 0.2) is 9.59 Å². The summed E-state index contributed by atoms with van der Waals surface area (Å²) in [6.45, 7) is 0.112. The highest BCUT2D eigenvalue weighted by Gasteiger charge is 2.36. The van der Waals surface area contributed by atoms with Gasteiger partial charge in [-0.25, -0.2) is 0 Å². The molecule has 7 nitrogen and oxygen atoms in total. The van der Waals surface area contributed by atoms with Gasteiger partial charge in [-0.1, -0.05) is 11.3 Å². The van der Waals surface area contributed by atoms with Gasteiger partial charge in [-0.2, -0.15) is 16.7 Å². The topological polar surface area (TPSA) is 114 Å². The number of nitrogens with zero attached hydrogens (tertiary/aromatic N) is 2. The predicted octanol–water partition coefficient (Wildman–Crippen LogP) is 0.403. The van der Waals surface area contributed by atoms with Gasteiger partial charge in [0.15, 0.2) is 5.65 Å². The van der Waals surface area contributed by atoms with E-state index >= 15 is 0 Å². The Kier molecular flexibility index (Phi) is 3.80. The van der Waals surface area contributed by atoms with E-state index in [4.69, 9.17) is 5.73 Å². The number of anilines is 1. The smallest absolute Gasteiger partial charge is 0.309 e. The molecule has 0 bridgehead atoms. The molecular weight excluding hydrogens is 312 g/mol. The molecular formula is C12H16N4O3S2. The third-order valence-electron chi connectivity index (χ3n) is 3.95. The van der Waals surface area contributed by atoms with Crippen molar-refractivity contribution in [2.45, 2.75) is 24.1 Å². The zero-order chi connectivity index (χ0) is 15.1. The molecule has 1 saturated carbocycles. The maximum absolute atomic E-state index is 12.3. The molecule has 0 aromatic carbocycles. The minimum Gasteiger partial charge on any atom is -0.396 e. The van der Waals surface area contributed by atoms with Gasteiger partial charge in [-0.05, 0) is 25.0 Å². The molecule has 4 N–H and O–H groups in total. The molecule has 21 heavy (non-hydrogen) atoms. The van der Waals surface area contributed by atoms with Crippen LogP contribution in [0.1, 0.15) is 18.9 Å². The van der Waals surface area contributed by atoms with E-state index in [2.05, 4.69) is 9.97 Å². The molecule has 3 rings (SSSR count). The molecule has 1 aliphatic carbocycles. The van der Waals surface area contributed by atoms with E-state index in [1.54, 1.807) is 16.3 Å². The second-order valence-electron chi connectivity index (χ2n) is 5.20. The number of fused-ring (bicyclic) bond motifs is 1. The Morgan fingerprint density at radius 3 is 2.95 bits per heavy atom. The fraction of sp³-hybridized carbons (Fsp3) is 0.583. The maximum Gasteiger partial charge on any atom is 0.309 e. The molecule has 114 valence electrons. The summed E-state index contributed by atoms with van der Waals surface area (Å²) in [5, 5.41) is 9.60. The number of aliphatic hydroxyl groups excluding tert-OH is 1. The molecule has 0 aliphatic heterocycles. The van der Waals surface area contributed by atoms with Crippen molar-refractivity contribution in [1.29, 1.82) is 0 Å². The summed E-state index contributed by atoms with van der Waals surface area (Å²) in [6.07, 6.45) is 3.55. The lowest BCUT2D eigenvalue weighted by Crippen LogP contribution is -2.25. The Labute approximate surface area is 128 Å². The van der Waals surface area contributed by atoms with Crippen molar-refractivity contribution >= 4 is 39.4 Å². The molecule has 0 spiro atoms. The third kappa shape index (κ3) is 2.39. The highest BCUT2D eigenvalue weighted by molar-refractivity contribution is 7.99. The van der Waals surface area contributed by atoms with Gasteiger partial charge >= 0.3 is 4.87 Å². The zero-order valence-electron chi connectivity index (χ0n) is 11.4. The number of nitrogens with one attached hydrogen (secondary N) is 1. The van der Waals surface area contributed by atoms with E-state index in [0.717, 1.165) is 17.8 Å². The second-order valence-corrected chi connectivity index (χ2v) is 7.24. The van der Waals surface area contributed by atoms with Gasteiger partial charge in [0.1, 0.15) is 4.70 Å². The summed E-state index contributed by atoms with van der Waals surface area (Å²) in [5.41, 5.74) is 5.58. The van der Waals surface area contributed by atoms with Crippen LogP contribution in [0.3, 0.4) is 0 Å². The molecule has 3 atom stereocenters. The lowest BCUT2D eigenvalue weighted by atomic mass is 10.1. The number of H-pyrrole nitrogens is 1. The van der Waals surface area contributed by atoms with Gasteiger partial charge in [0.25, 0.3) is 5.56 Å². The molecule has 1 unspecified atom stereocenters. The Balaban J connectivity index is 2.18. The van der Waals surface area contributed by atoms with Crippen LogP contribution in [0.5, 0.6) is 0 Å². The first-order chi connectivity index (χ1) is 10.0. The van der Waals surface area contributed by atoms with Crippen molar-refractivity contribution in [2.75, 3.05) is 18.6 Å². The molecule has 0 amide bonds. The fourth-order valence-corrected chi connectivity index (χ4v) is 4.87. The Bertz CT molecular complexity index is 781. The molecule has 1 aliphatic rings. The number of rotatable bonds is 3. The maximum atomic E-state index is 12.3. The van der Waals surface area contributed by atoms with Gasteiger partial charge in [0.05, 0.1) is 6.04 Å². The van der Waals surface area contributed by atoms with E-state index in [0.29, 0.717) is 16.8 Å². The lowest BCUT2D eigenvalue weighted by Gasteiger charge is -2.18. The molecule has 2 aromatic heterocycles. The van der Waals surface area contributed by atoms with Gasteiger partial charge in [0, 0.05) is 11.9 Å². The highest BCUT2D eigenvalue weighted by atomic mass is 32.2. The van der Waals surface area contributed by atoms with Crippen LogP contribution in [0.4, 0.5) is 5.95 Å². The van der Waals surface area contributed by atoms with Crippen molar-refractivity contribution in [3.63, 3.8) is 0 Å². The first-order valence-corrected chi connectivity index (χ1v) is 8.70. The van der Waals surface area contributed by atoms with Gasteiger partial charge in [-0.3, -0.25) is 19.1 Å². The summed E-state index contributed by atoms with van der Waals surface area (Å²) in [7, 11) is 0. The summed E-state index contributed by atoms with van der Waals surface area (Å²) < 4.78 is 1.89. The van der Waals surface area contributed by atoms with Crippen molar-refractivity contribution < 1.29 is 5.11 Å². The molecule has 0 radical (unpaired) electrons. The molecule has 9 heteroatoms. The van der Waals surface area contributed by atoms with Crippen molar-refractivity contribution in [3.8, 4) is 0 Å². The van der Waals surface area contributed by atoms with Crippen LogP contribution < -0.4 is 16.2 Å². The third-order valence-corrected chi connectivity index (χ3v) is 6.01. The average Bonchev–Trinajstić information content (AvgIpc) is 2.99. The number of nitrogens with two attached hydrogens (primary N) is 1. The number of thiazole rings is 1. The number of aromatic nitrogens is 3. The summed E-state index contributed by atoms with van der Waals surface area (Å²) in [6, 6.07) is -0.0629. The molecule has 0 saturated heterocycles. The van der Waals surface area contributed by atoms with Crippen molar-refractivity contribution in [1.82, 2.24) is 14.5 Å². The normalized spacial score (nSPS) is 25.7. The van der Waals surface area contributed by atoms with E-state index < -0.39 is 0 Å². The summed E-state index contributed by atoms with van der Waals surface area (Å²) in [5.74, 6) is 0.185. The first-order valence-electron chi connectivity index (χ1n) is 6.59. The number of hydrogen-bond donors (Lipinski definition) is 3. The van der Waals surface area contributed by atoms with Crippen LogP contribution in [0.25, 0.3) is 10.3 Å². The van der Waals surface area contributed by atoms with Crippen molar-refractivity contribution in [2.24, 2.45) is 5.92 Å². The SMILES string of the molecule is CSC1C[C@@H](CO)C[C@H]1n1c(=O)sc2c(=O)[nH]c(N)nc21. The summed E-state index contributed by atoms with van der Waals surface area (Å²) in [4.78, 5) is 30.6. The van der Waals surface area contributed by atoms with E-state index in [1.165, 1.54) is 0 Å². The van der Waals surface area contributed by atoms with Gasteiger partial charge in [0.2, 0.25) is 5.95 Å². The quantitative estimate of drug-likeness (QED) is 0.751. The number of thioether (sulfide) groups is 1. The molecule has 1 fully saturated rings. The minimum absolute atomic E-state index is 0.0106. The standard InChI is InChI=1S/C12H16N4O3S2/c1-20-7-3-5(4-17)2-6(7)16-9-8(21-12(16)19)10(18)15-11(13)14-9/h5-7,17H,2-4H2,1H3,(H3,13,14,15,18)/t5-,6+,7?/m0/s1. The lowest BCUT2D eigenvalue weighted by molar-refractivity contribution is 0.226. The Hall–Kier alpha value is -1.32. The van der Waals surface area contributed by atoms with Crippen LogP contribution in [0.2, 0.25) is 0 Å². The van der Waals surface area contributed by atoms with E-state index in [9.17, 15) is 14.7 Å². The Morgan fingerprint density at radius 1 is 1.52 bits per heavy atom. The van der Waals surface area contributed by atoms with Gasteiger partial charge in [-0.15, -0.1) is 0 Å². The highest BCUT2D eigenvalue weighted by Crippen LogP contribution is 2.41. The van der Waals surface area contributed by atoms with Crippen LogP contribution >= 0.6 is 23.1 Å². The largest absolute Gasteiger partial charge is 0.396 e. The number of aromatic amines is 1. The summed E-state index contributed by atoms with van der Waals surface area (Å²) >= 11 is 2.57. The first kappa shape index (κ1) is 14.6. The number of nitrogen functional groups attached to an aromatic ring is 1. The monoisotopic (exact) mass is 328 g/mol.